The van der Waals surface area contributed by atoms with Gasteiger partial charge in [-0.05, 0) is 0 Å². The first kappa shape index (κ1) is 22.5. The Labute approximate surface area is 128 Å². The Morgan fingerprint density at radius 3 is 1.71 bits per heavy atom. The molecule has 128 valence electrons. The van der Waals surface area contributed by atoms with Gasteiger partial charge < -0.3 is 33.3 Å². The molecule has 0 aromatic carbocycles. The van der Waals surface area contributed by atoms with Gasteiger partial charge in [0.15, 0.2) is 0 Å². The summed E-state index contributed by atoms with van der Waals surface area (Å²) in [4.78, 5) is 9.81. The van der Waals surface area contributed by atoms with Crippen molar-refractivity contribution in [1.82, 2.24) is 0 Å². The number of likely N-dealkylation sites (N-methyl/N-ethyl adjacent to an activating group) is 1. The predicted octanol–water partition coefficient (Wildman–Crippen LogP) is -0.855. The lowest BCUT2D eigenvalue weighted by Gasteiger charge is -2.28. The number of hydrogen-bond acceptors (Lipinski definition) is 6. The number of carbonyl (C=O) groups excluding carboxylic acids is 1. The molecule has 0 amide bonds. The van der Waals surface area contributed by atoms with E-state index >= 15 is 0 Å². The Kier molecular flexibility index (Phi) is 16.8. The van der Waals surface area contributed by atoms with Crippen molar-refractivity contribution in [3.8, 4) is 0 Å². The van der Waals surface area contributed by atoms with Gasteiger partial charge in [-0.25, -0.2) is 0 Å². The minimum Gasteiger partial charge on any atom is -0.550 e. The lowest BCUT2D eigenvalue weighted by molar-refractivity contribution is -0.891. The maximum Gasteiger partial charge on any atom is 0.102 e. The van der Waals surface area contributed by atoms with E-state index in [0.29, 0.717) is 13.2 Å². The Morgan fingerprint density at radius 1 is 0.857 bits per heavy atom. The summed E-state index contributed by atoms with van der Waals surface area (Å²) in [6, 6.07) is 0. The van der Waals surface area contributed by atoms with E-state index in [2.05, 4.69) is 18.8 Å². The Hall–Kier alpha value is -0.730. The summed E-state index contributed by atoms with van der Waals surface area (Å²) in [7, 11) is 9.38. The number of quaternary nitrogens is 1. The number of carboxylic acids is 1. The van der Waals surface area contributed by atoms with Gasteiger partial charge in [0.1, 0.15) is 13.1 Å². The second-order valence-electron chi connectivity index (χ2n) is 5.10. The van der Waals surface area contributed by atoms with E-state index in [0.717, 1.165) is 30.8 Å². The first-order valence-electron chi connectivity index (χ1n) is 6.96. The molecule has 0 aliphatic rings. The van der Waals surface area contributed by atoms with Gasteiger partial charge in [-0.2, -0.15) is 0 Å². The molecule has 0 aromatic rings. The van der Waals surface area contributed by atoms with E-state index in [1.54, 1.807) is 21.3 Å². The van der Waals surface area contributed by atoms with Gasteiger partial charge in [0.2, 0.25) is 0 Å². The standard InChI is InChI=1S/C8H20NO2.C6H12O4/c1-9(2,5-7-10-3)6-8-11-4;1-9-4-5-10-3-2-6(7)8/h5-8H2,1-4H3;2-5H2,1H3,(H,7,8)/q+1;/p-1. The molecule has 0 aromatic heterocycles. The topological polar surface area (TPSA) is 77.1 Å². The van der Waals surface area contributed by atoms with Gasteiger partial charge in [-0.1, -0.05) is 0 Å². The van der Waals surface area contributed by atoms with E-state index in [1.807, 2.05) is 0 Å². The number of carboxylic acid groups (broad SMARTS) is 1. The minimum atomic E-state index is -1.09. The monoisotopic (exact) mass is 309 g/mol. The van der Waals surface area contributed by atoms with Crippen LogP contribution in [0.4, 0.5) is 0 Å². The quantitative estimate of drug-likeness (QED) is 0.345. The van der Waals surface area contributed by atoms with Crippen LogP contribution in [0.15, 0.2) is 0 Å². The first-order valence-corrected chi connectivity index (χ1v) is 6.96. The highest BCUT2D eigenvalue weighted by Crippen LogP contribution is 1.95. The van der Waals surface area contributed by atoms with Crippen LogP contribution in [0.2, 0.25) is 0 Å². The van der Waals surface area contributed by atoms with Crippen molar-refractivity contribution in [2.45, 2.75) is 6.42 Å². The fourth-order valence-corrected chi connectivity index (χ4v) is 1.19. The molecule has 7 heteroatoms. The summed E-state index contributed by atoms with van der Waals surface area (Å²) in [6.45, 7) is 4.84. The SMILES string of the molecule is COCCOCCC(=O)[O-].COCC[N+](C)(C)CCOC. The second-order valence-corrected chi connectivity index (χ2v) is 5.10. The van der Waals surface area contributed by atoms with Crippen molar-refractivity contribution < 1.29 is 33.3 Å². The van der Waals surface area contributed by atoms with Crippen molar-refractivity contribution in [1.29, 1.82) is 0 Å². The molecule has 0 spiro atoms. The highest BCUT2D eigenvalue weighted by Gasteiger charge is 2.12. The van der Waals surface area contributed by atoms with E-state index in [-0.39, 0.29) is 13.0 Å². The maximum absolute atomic E-state index is 9.81. The molecule has 0 atom stereocenters. The Balaban J connectivity index is 0. The fourth-order valence-electron chi connectivity index (χ4n) is 1.19. The molecule has 0 aliphatic carbocycles. The van der Waals surface area contributed by atoms with Crippen LogP contribution in [-0.4, -0.2) is 92.0 Å². The lowest BCUT2D eigenvalue weighted by atomic mass is 10.4. The molecular formula is C14H31NO6. The predicted molar refractivity (Wildman–Crippen MR) is 77.9 cm³/mol. The summed E-state index contributed by atoms with van der Waals surface area (Å²) in [5.74, 6) is -1.09. The molecule has 0 rings (SSSR count). The lowest BCUT2D eigenvalue weighted by Crippen LogP contribution is -2.44. The van der Waals surface area contributed by atoms with Crippen LogP contribution >= 0.6 is 0 Å². The normalized spacial score (nSPS) is 10.9. The third-order valence-corrected chi connectivity index (χ3v) is 2.68. The van der Waals surface area contributed by atoms with Crippen LogP contribution in [0, 0.1) is 0 Å². The van der Waals surface area contributed by atoms with Crippen molar-refractivity contribution in [3.05, 3.63) is 0 Å². The smallest absolute Gasteiger partial charge is 0.102 e. The van der Waals surface area contributed by atoms with Crippen molar-refractivity contribution in [2.24, 2.45) is 0 Å². The van der Waals surface area contributed by atoms with Gasteiger partial charge >= 0.3 is 0 Å². The number of aliphatic carboxylic acids is 1. The van der Waals surface area contributed by atoms with Gasteiger partial charge in [0.25, 0.3) is 0 Å². The summed E-state index contributed by atoms with van der Waals surface area (Å²) < 4.78 is 20.5. The zero-order valence-electron chi connectivity index (χ0n) is 14.1. The number of methoxy groups -OCH3 is 3. The molecule has 0 fully saturated rings. The van der Waals surface area contributed by atoms with Crippen molar-refractivity contribution in [3.63, 3.8) is 0 Å². The highest BCUT2D eigenvalue weighted by atomic mass is 16.5. The molecule has 0 unspecified atom stereocenters. The fraction of sp³-hybridized carbons (Fsp3) is 0.929. The van der Waals surface area contributed by atoms with E-state index in [1.165, 1.54) is 0 Å². The third kappa shape index (κ3) is 21.7. The summed E-state index contributed by atoms with van der Waals surface area (Å²) in [5.41, 5.74) is 0. The van der Waals surface area contributed by atoms with Gasteiger partial charge in [0.05, 0.1) is 47.1 Å². The summed E-state index contributed by atoms with van der Waals surface area (Å²) >= 11 is 0. The van der Waals surface area contributed by atoms with E-state index in [4.69, 9.17) is 14.2 Å². The molecule has 0 bridgehead atoms. The van der Waals surface area contributed by atoms with Gasteiger partial charge in [-0.15, -0.1) is 0 Å². The molecule has 0 N–H and O–H groups in total. The average molecular weight is 309 g/mol. The van der Waals surface area contributed by atoms with Crippen LogP contribution in [0.5, 0.6) is 0 Å². The molecule has 0 saturated heterocycles. The zero-order chi connectivity index (χ0) is 16.6. The summed E-state index contributed by atoms with van der Waals surface area (Å²) in [5, 5.41) is 9.81. The second kappa shape index (κ2) is 15.7. The van der Waals surface area contributed by atoms with E-state index < -0.39 is 5.97 Å². The third-order valence-electron chi connectivity index (χ3n) is 2.68. The Bertz CT molecular complexity index is 226. The van der Waals surface area contributed by atoms with Crippen LogP contribution < -0.4 is 5.11 Å². The molecular weight excluding hydrogens is 278 g/mol. The van der Waals surface area contributed by atoms with Gasteiger partial charge in [-0.3, -0.25) is 0 Å². The first-order chi connectivity index (χ1) is 9.89. The molecule has 0 aliphatic heterocycles. The number of ether oxygens (including phenoxy) is 4. The minimum absolute atomic E-state index is 0.0519. The zero-order valence-corrected chi connectivity index (χ0v) is 14.1. The van der Waals surface area contributed by atoms with Crippen LogP contribution in [-0.2, 0) is 23.7 Å². The van der Waals surface area contributed by atoms with Crippen LogP contribution in [0.3, 0.4) is 0 Å². The van der Waals surface area contributed by atoms with Crippen molar-refractivity contribution >= 4 is 5.97 Å². The summed E-state index contributed by atoms with van der Waals surface area (Å²) in [6.07, 6.45) is -0.0519. The molecule has 7 nitrogen and oxygen atoms in total. The molecule has 21 heavy (non-hydrogen) atoms. The highest BCUT2D eigenvalue weighted by molar-refractivity contribution is 5.64. The molecule has 0 saturated carbocycles. The number of hydrogen-bond donors (Lipinski definition) is 0. The largest absolute Gasteiger partial charge is 0.550 e. The van der Waals surface area contributed by atoms with Crippen LogP contribution in [0.1, 0.15) is 6.42 Å². The Morgan fingerprint density at radius 2 is 1.33 bits per heavy atom. The molecule has 0 radical (unpaired) electrons. The van der Waals surface area contributed by atoms with Crippen LogP contribution in [0.25, 0.3) is 0 Å². The average Bonchev–Trinajstić information content (AvgIpc) is 2.43. The van der Waals surface area contributed by atoms with Gasteiger partial charge in [0, 0.05) is 33.7 Å². The number of nitrogens with zero attached hydrogens (tertiary/aromatic N) is 1. The molecule has 0 heterocycles. The number of rotatable bonds is 12. The van der Waals surface area contributed by atoms with Crippen molar-refractivity contribution in [2.75, 3.05) is 81.5 Å². The maximum atomic E-state index is 9.81. The van der Waals surface area contributed by atoms with E-state index in [9.17, 15) is 9.90 Å². The number of carbonyl (C=O) groups is 1.